The fourth-order valence-electron chi connectivity index (χ4n) is 3.99. The normalized spacial score (nSPS) is 20.6. The molecule has 1 saturated heterocycles. The molecule has 1 aliphatic heterocycles. The highest BCUT2D eigenvalue weighted by Gasteiger charge is 2.48. The number of hydrogen-bond acceptors (Lipinski definition) is 5. The molecule has 6 heteroatoms. The Morgan fingerprint density at radius 2 is 1.60 bits per heavy atom. The molecule has 0 radical (unpaired) electrons. The van der Waals surface area contributed by atoms with Crippen molar-refractivity contribution < 1.29 is 23.9 Å². The van der Waals surface area contributed by atoms with Gasteiger partial charge < -0.3 is 9.47 Å². The Labute approximate surface area is 175 Å². The number of amides is 2. The smallest absolute Gasteiger partial charge is 0.238 e. The quantitative estimate of drug-likeness (QED) is 0.415. The SMILES string of the molecule is COc1ccc(C(=O)COc2ccc(N3C(=O)[C@H]4CC(C)=CC[C@H]4C3=O)cc2)cc1. The minimum Gasteiger partial charge on any atom is -0.497 e. The van der Waals surface area contributed by atoms with Crippen molar-refractivity contribution in [2.24, 2.45) is 11.8 Å². The second kappa shape index (κ2) is 8.14. The van der Waals surface area contributed by atoms with Gasteiger partial charge in [0.25, 0.3) is 0 Å². The minimum atomic E-state index is -0.265. The van der Waals surface area contributed by atoms with E-state index in [-0.39, 0.29) is 36.0 Å². The molecule has 0 bridgehead atoms. The van der Waals surface area contributed by atoms with Crippen LogP contribution in [0.1, 0.15) is 30.1 Å². The molecule has 0 aromatic heterocycles. The minimum absolute atomic E-state index is 0.109. The third kappa shape index (κ3) is 3.73. The Bertz CT molecular complexity index is 1010. The van der Waals surface area contributed by atoms with Gasteiger partial charge in [0.2, 0.25) is 11.8 Å². The number of imide groups is 1. The number of methoxy groups -OCH3 is 1. The highest BCUT2D eigenvalue weighted by atomic mass is 16.5. The molecule has 0 saturated carbocycles. The van der Waals surface area contributed by atoms with Crippen LogP contribution in [0.25, 0.3) is 0 Å². The number of fused-ring (bicyclic) bond motifs is 1. The lowest BCUT2D eigenvalue weighted by molar-refractivity contribution is -0.122. The largest absolute Gasteiger partial charge is 0.497 e. The van der Waals surface area contributed by atoms with Gasteiger partial charge in [-0.05, 0) is 68.3 Å². The summed E-state index contributed by atoms with van der Waals surface area (Å²) in [5.41, 5.74) is 2.22. The summed E-state index contributed by atoms with van der Waals surface area (Å²) in [6, 6.07) is 13.5. The van der Waals surface area contributed by atoms with Crippen LogP contribution in [0.2, 0.25) is 0 Å². The zero-order chi connectivity index (χ0) is 21.3. The number of anilines is 1. The topological polar surface area (TPSA) is 72.9 Å². The van der Waals surface area contributed by atoms with Gasteiger partial charge in [0, 0.05) is 5.56 Å². The van der Waals surface area contributed by atoms with Crippen LogP contribution >= 0.6 is 0 Å². The first-order valence-electron chi connectivity index (χ1n) is 9.91. The third-order valence-corrected chi connectivity index (χ3v) is 5.70. The Balaban J connectivity index is 1.40. The van der Waals surface area contributed by atoms with Crippen molar-refractivity contribution >= 4 is 23.3 Å². The number of allylic oxidation sites excluding steroid dienone is 2. The van der Waals surface area contributed by atoms with E-state index in [2.05, 4.69) is 0 Å². The zero-order valence-electron chi connectivity index (χ0n) is 17.0. The molecule has 30 heavy (non-hydrogen) atoms. The molecule has 1 aliphatic carbocycles. The van der Waals surface area contributed by atoms with Crippen molar-refractivity contribution in [3.8, 4) is 11.5 Å². The molecule has 2 aromatic carbocycles. The Hall–Kier alpha value is -3.41. The van der Waals surface area contributed by atoms with E-state index in [1.54, 1.807) is 55.6 Å². The van der Waals surface area contributed by atoms with Crippen LogP contribution in [0.5, 0.6) is 11.5 Å². The van der Waals surface area contributed by atoms with E-state index in [9.17, 15) is 14.4 Å². The van der Waals surface area contributed by atoms with E-state index in [1.807, 2.05) is 13.0 Å². The van der Waals surface area contributed by atoms with Crippen LogP contribution in [-0.4, -0.2) is 31.3 Å². The molecule has 6 nitrogen and oxygen atoms in total. The molecule has 154 valence electrons. The van der Waals surface area contributed by atoms with Crippen LogP contribution in [0.4, 0.5) is 5.69 Å². The molecule has 1 heterocycles. The van der Waals surface area contributed by atoms with Gasteiger partial charge in [0.05, 0.1) is 24.6 Å². The molecule has 0 unspecified atom stereocenters. The summed E-state index contributed by atoms with van der Waals surface area (Å²) in [5, 5.41) is 0. The number of benzene rings is 2. The van der Waals surface area contributed by atoms with E-state index in [1.165, 1.54) is 4.90 Å². The van der Waals surface area contributed by atoms with Crippen LogP contribution in [0, 0.1) is 11.8 Å². The lowest BCUT2D eigenvalue weighted by Crippen LogP contribution is -2.30. The fraction of sp³-hybridized carbons (Fsp3) is 0.292. The van der Waals surface area contributed by atoms with E-state index >= 15 is 0 Å². The zero-order valence-corrected chi connectivity index (χ0v) is 17.0. The maximum atomic E-state index is 12.8. The molecular weight excluding hydrogens is 382 g/mol. The van der Waals surface area contributed by atoms with Gasteiger partial charge in [-0.15, -0.1) is 0 Å². The van der Waals surface area contributed by atoms with Gasteiger partial charge in [-0.2, -0.15) is 0 Å². The number of ketones is 1. The number of hydrogen-bond donors (Lipinski definition) is 0. The van der Waals surface area contributed by atoms with Crippen molar-refractivity contribution in [1.29, 1.82) is 0 Å². The van der Waals surface area contributed by atoms with Gasteiger partial charge in [0.15, 0.2) is 12.4 Å². The molecule has 2 atom stereocenters. The van der Waals surface area contributed by atoms with E-state index in [0.717, 1.165) is 5.57 Å². The summed E-state index contributed by atoms with van der Waals surface area (Å²) in [6.07, 6.45) is 3.30. The fourth-order valence-corrected chi connectivity index (χ4v) is 3.99. The second-order valence-corrected chi connectivity index (χ2v) is 7.65. The average molecular weight is 405 g/mol. The van der Waals surface area contributed by atoms with Crippen LogP contribution in [-0.2, 0) is 9.59 Å². The molecule has 4 rings (SSSR count). The number of Topliss-reactive ketones (excluding diaryl/α,β-unsaturated/α-hetero) is 1. The summed E-state index contributed by atoms with van der Waals surface area (Å²) in [4.78, 5) is 39.1. The summed E-state index contributed by atoms with van der Waals surface area (Å²) >= 11 is 0. The van der Waals surface area contributed by atoms with Crippen molar-refractivity contribution in [1.82, 2.24) is 0 Å². The highest BCUT2D eigenvalue weighted by molar-refractivity contribution is 6.22. The molecule has 2 aliphatic rings. The third-order valence-electron chi connectivity index (χ3n) is 5.70. The number of carbonyl (C=O) groups excluding carboxylic acids is 3. The van der Waals surface area contributed by atoms with Gasteiger partial charge in [-0.25, -0.2) is 0 Å². The monoisotopic (exact) mass is 405 g/mol. The molecular formula is C24H23NO5. The van der Waals surface area contributed by atoms with Gasteiger partial charge >= 0.3 is 0 Å². The standard InChI is InChI=1S/C24H23NO5/c1-15-3-12-20-21(13-15)24(28)25(23(20)27)17-6-10-19(11-7-17)30-14-22(26)16-4-8-18(29-2)9-5-16/h3-11,20-21H,12-14H2,1-2H3/t20-,21+/m1/s1. The van der Waals surface area contributed by atoms with Crippen LogP contribution in [0.15, 0.2) is 60.2 Å². The predicted octanol–water partition coefficient (Wildman–Crippen LogP) is 3.80. The van der Waals surface area contributed by atoms with Crippen LogP contribution in [0.3, 0.4) is 0 Å². The van der Waals surface area contributed by atoms with Crippen molar-refractivity contribution in [2.75, 3.05) is 18.6 Å². The molecule has 0 N–H and O–H groups in total. The van der Waals surface area contributed by atoms with E-state index < -0.39 is 0 Å². The van der Waals surface area contributed by atoms with Crippen LogP contribution < -0.4 is 14.4 Å². The Kier molecular flexibility index (Phi) is 5.40. The van der Waals surface area contributed by atoms with Crippen molar-refractivity contribution in [3.63, 3.8) is 0 Å². The van der Waals surface area contributed by atoms with Gasteiger partial charge in [-0.1, -0.05) is 11.6 Å². The van der Waals surface area contributed by atoms with E-state index in [4.69, 9.17) is 9.47 Å². The number of carbonyl (C=O) groups is 3. The average Bonchev–Trinajstić information content (AvgIpc) is 3.02. The first-order chi connectivity index (χ1) is 14.5. The molecule has 1 fully saturated rings. The van der Waals surface area contributed by atoms with Gasteiger partial charge in [0.1, 0.15) is 11.5 Å². The van der Waals surface area contributed by atoms with Crippen molar-refractivity contribution in [3.05, 3.63) is 65.7 Å². The predicted molar refractivity (Wildman–Crippen MR) is 112 cm³/mol. The number of rotatable bonds is 6. The maximum absolute atomic E-state index is 12.8. The van der Waals surface area contributed by atoms with E-state index in [0.29, 0.717) is 35.6 Å². The first-order valence-corrected chi connectivity index (χ1v) is 9.91. The molecule has 2 aromatic rings. The summed E-state index contributed by atoms with van der Waals surface area (Å²) in [6.45, 7) is 1.89. The number of ether oxygens (including phenoxy) is 2. The Morgan fingerprint density at radius 3 is 2.27 bits per heavy atom. The Morgan fingerprint density at radius 1 is 0.967 bits per heavy atom. The molecule has 0 spiro atoms. The van der Waals surface area contributed by atoms with Gasteiger partial charge in [-0.3, -0.25) is 19.3 Å². The molecule has 2 amide bonds. The highest BCUT2D eigenvalue weighted by Crippen LogP contribution is 2.39. The number of nitrogens with zero attached hydrogens (tertiary/aromatic N) is 1. The lowest BCUT2D eigenvalue weighted by atomic mass is 9.82. The second-order valence-electron chi connectivity index (χ2n) is 7.65. The summed E-state index contributed by atoms with van der Waals surface area (Å²) in [7, 11) is 1.57. The maximum Gasteiger partial charge on any atom is 0.238 e. The lowest BCUT2D eigenvalue weighted by Gasteiger charge is -2.18. The first kappa shape index (κ1) is 19.9. The summed E-state index contributed by atoms with van der Waals surface area (Å²) in [5.74, 6) is 0.214. The van der Waals surface area contributed by atoms with Crippen molar-refractivity contribution in [2.45, 2.75) is 19.8 Å². The summed E-state index contributed by atoms with van der Waals surface area (Å²) < 4.78 is 10.7.